The van der Waals surface area contributed by atoms with Crippen molar-refractivity contribution >= 4 is 11.2 Å². The van der Waals surface area contributed by atoms with Gasteiger partial charge in [0, 0.05) is 6.54 Å². The lowest BCUT2D eigenvalue weighted by atomic mass is 10.2. The van der Waals surface area contributed by atoms with Crippen LogP contribution in [-0.4, -0.2) is 18.7 Å². The van der Waals surface area contributed by atoms with Crippen LogP contribution in [0.3, 0.4) is 0 Å². The van der Waals surface area contributed by atoms with Gasteiger partial charge in [0.2, 0.25) is 0 Å². The van der Waals surface area contributed by atoms with Crippen LogP contribution in [0, 0.1) is 0 Å². The second-order valence-electron chi connectivity index (χ2n) is 6.03. The van der Waals surface area contributed by atoms with Crippen LogP contribution >= 0.6 is 0 Å². The fraction of sp³-hybridized carbons (Fsp3) is 0.211. The van der Waals surface area contributed by atoms with Crippen LogP contribution < -0.4 is 11.2 Å². The Hall–Kier alpha value is -3.35. The van der Waals surface area contributed by atoms with Gasteiger partial charge in [0.15, 0.2) is 11.2 Å². The highest BCUT2D eigenvalue weighted by Gasteiger charge is 2.18. The van der Waals surface area contributed by atoms with E-state index in [1.807, 2.05) is 36.4 Å². The van der Waals surface area contributed by atoms with Crippen LogP contribution in [0.2, 0.25) is 0 Å². The number of furan rings is 1. The lowest BCUT2D eigenvalue weighted by Crippen LogP contribution is -2.40. The van der Waals surface area contributed by atoms with Crippen LogP contribution in [0.1, 0.15) is 18.2 Å². The van der Waals surface area contributed by atoms with Gasteiger partial charge in [-0.25, -0.2) is 9.78 Å². The zero-order valence-electron chi connectivity index (χ0n) is 14.3. The Labute approximate surface area is 148 Å². The maximum Gasteiger partial charge on any atom is 0.333 e. The van der Waals surface area contributed by atoms with Crippen molar-refractivity contribution in [3.8, 4) is 0 Å². The van der Waals surface area contributed by atoms with Gasteiger partial charge in [-0.15, -0.1) is 0 Å². The van der Waals surface area contributed by atoms with Gasteiger partial charge in [0.1, 0.15) is 5.76 Å². The summed E-state index contributed by atoms with van der Waals surface area (Å²) in [6.07, 6.45) is 3.17. The molecule has 0 aliphatic carbocycles. The first kappa shape index (κ1) is 16.1. The molecule has 0 bridgehead atoms. The van der Waals surface area contributed by atoms with E-state index in [1.165, 1.54) is 4.57 Å². The maximum absolute atomic E-state index is 12.9. The van der Waals surface area contributed by atoms with Gasteiger partial charge >= 0.3 is 5.69 Å². The molecule has 4 aromatic rings. The third-order valence-electron chi connectivity index (χ3n) is 4.39. The average Bonchev–Trinajstić information content (AvgIpc) is 3.31. The Bertz CT molecular complexity index is 1150. The van der Waals surface area contributed by atoms with Crippen molar-refractivity contribution in [1.29, 1.82) is 0 Å². The largest absolute Gasteiger partial charge is 0.467 e. The first-order chi connectivity index (χ1) is 12.7. The molecule has 0 N–H and O–H groups in total. The van der Waals surface area contributed by atoms with E-state index in [9.17, 15) is 9.59 Å². The van der Waals surface area contributed by atoms with Crippen LogP contribution in [-0.2, 0) is 19.6 Å². The van der Waals surface area contributed by atoms with E-state index >= 15 is 0 Å². The Kier molecular flexibility index (Phi) is 4.04. The lowest BCUT2D eigenvalue weighted by molar-refractivity contribution is 0.495. The average molecular weight is 350 g/mol. The van der Waals surface area contributed by atoms with Crippen LogP contribution in [0.15, 0.2) is 69.1 Å². The molecule has 26 heavy (non-hydrogen) atoms. The summed E-state index contributed by atoms with van der Waals surface area (Å²) in [5.74, 6) is 0.715. The summed E-state index contributed by atoms with van der Waals surface area (Å²) in [7, 11) is 0. The summed E-state index contributed by atoms with van der Waals surface area (Å²) in [5, 5.41) is 0. The zero-order valence-corrected chi connectivity index (χ0v) is 14.3. The summed E-state index contributed by atoms with van der Waals surface area (Å²) in [5.41, 5.74) is 1.08. The molecule has 0 aliphatic rings. The van der Waals surface area contributed by atoms with Gasteiger partial charge < -0.3 is 8.98 Å². The number of hydrogen-bond donors (Lipinski definition) is 0. The van der Waals surface area contributed by atoms with E-state index in [-0.39, 0.29) is 11.2 Å². The molecule has 0 amide bonds. The topological polar surface area (TPSA) is 75.0 Å². The van der Waals surface area contributed by atoms with E-state index in [0.717, 1.165) is 5.56 Å². The summed E-state index contributed by atoms with van der Waals surface area (Å²) < 4.78 is 9.89. The van der Waals surface area contributed by atoms with Gasteiger partial charge in [0.25, 0.3) is 5.56 Å². The second-order valence-corrected chi connectivity index (χ2v) is 6.03. The number of imidazole rings is 1. The molecular formula is C19H18N4O3. The van der Waals surface area contributed by atoms with Crippen LogP contribution in [0.5, 0.6) is 0 Å². The summed E-state index contributed by atoms with van der Waals surface area (Å²) >= 11 is 0. The molecule has 0 saturated carbocycles. The number of benzene rings is 1. The molecule has 0 saturated heterocycles. The first-order valence-electron chi connectivity index (χ1n) is 8.44. The molecule has 1 aromatic carbocycles. The normalized spacial score (nSPS) is 11.3. The SMILES string of the molecule is CCn1c(=O)c2c(ncn2Cc2ccco2)n(Cc2ccccc2)c1=O. The number of aromatic nitrogens is 4. The number of nitrogens with zero attached hydrogens (tertiary/aromatic N) is 4. The van der Waals surface area contributed by atoms with Gasteiger partial charge in [-0.05, 0) is 24.6 Å². The first-order valence-corrected chi connectivity index (χ1v) is 8.44. The van der Waals surface area contributed by atoms with Gasteiger partial charge in [0.05, 0.1) is 25.7 Å². The Balaban J connectivity index is 1.92. The molecule has 7 nitrogen and oxygen atoms in total. The molecular weight excluding hydrogens is 332 g/mol. The zero-order chi connectivity index (χ0) is 18.1. The third-order valence-corrected chi connectivity index (χ3v) is 4.39. The molecule has 3 heterocycles. The minimum absolute atomic E-state index is 0.300. The molecule has 0 radical (unpaired) electrons. The molecule has 0 fully saturated rings. The smallest absolute Gasteiger partial charge is 0.333 e. The summed E-state index contributed by atoms with van der Waals surface area (Å²) in [6, 6.07) is 13.3. The minimum atomic E-state index is -0.350. The monoisotopic (exact) mass is 350 g/mol. The predicted octanol–water partition coefficient (Wildman–Crippen LogP) is 2.07. The van der Waals surface area contributed by atoms with Gasteiger partial charge in [-0.2, -0.15) is 0 Å². The molecule has 132 valence electrons. The van der Waals surface area contributed by atoms with Crippen molar-refractivity contribution in [3.63, 3.8) is 0 Å². The fourth-order valence-corrected chi connectivity index (χ4v) is 3.12. The minimum Gasteiger partial charge on any atom is -0.467 e. The molecule has 0 spiro atoms. The van der Waals surface area contributed by atoms with Crippen molar-refractivity contribution in [2.45, 2.75) is 26.6 Å². The van der Waals surface area contributed by atoms with E-state index in [2.05, 4.69) is 4.98 Å². The van der Waals surface area contributed by atoms with Crippen molar-refractivity contribution in [3.05, 3.63) is 87.2 Å². The maximum atomic E-state index is 12.9. The fourth-order valence-electron chi connectivity index (χ4n) is 3.12. The van der Waals surface area contributed by atoms with Crippen molar-refractivity contribution in [2.75, 3.05) is 0 Å². The second kappa shape index (κ2) is 6.51. The van der Waals surface area contributed by atoms with Crippen molar-refractivity contribution in [2.24, 2.45) is 0 Å². The Morgan fingerprint density at radius 2 is 1.81 bits per heavy atom. The molecule has 0 unspecified atom stereocenters. The van der Waals surface area contributed by atoms with Crippen LogP contribution in [0.4, 0.5) is 0 Å². The Morgan fingerprint density at radius 3 is 2.50 bits per heavy atom. The lowest BCUT2D eigenvalue weighted by Gasteiger charge is -2.11. The Morgan fingerprint density at radius 1 is 1.00 bits per heavy atom. The van der Waals surface area contributed by atoms with E-state index in [4.69, 9.17) is 4.42 Å². The standard InChI is InChI=1S/C19H18N4O3/c1-2-22-18(24)16-17(20-13-21(16)12-15-9-6-10-26-15)23(19(22)25)11-14-7-4-3-5-8-14/h3-10,13H,2,11-12H2,1H3. The van der Waals surface area contributed by atoms with E-state index in [0.29, 0.717) is 36.6 Å². The van der Waals surface area contributed by atoms with Gasteiger partial charge in [-0.3, -0.25) is 13.9 Å². The summed E-state index contributed by atoms with van der Waals surface area (Å²) in [6.45, 7) is 2.82. The summed E-state index contributed by atoms with van der Waals surface area (Å²) in [4.78, 5) is 30.0. The number of fused-ring (bicyclic) bond motifs is 1. The highest BCUT2D eigenvalue weighted by molar-refractivity contribution is 5.70. The highest BCUT2D eigenvalue weighted by atomic mass is 16.3. The van der Waals surface area contributed by atoms with Crippen molar-refractivity contribution < 1.29 is 4.42 Å². The molecule has 0 atom stereocenters. The van der Waals surface area contributed by atoms with Crippen LogP contribution in [0.25, 0.3) is 11.2 Å². The molecule has 0 aliphatic heterocycles. The predicted molar refractivity (Wildman–Crippen MR) is 97.3 cm³/mol. The third kappa shape index (κ3) is 2.67. The molecule has 4 rings (SSSR count). The molecule has 7 heteroatoms. The van der Waals surface area contributed by atoms with Gasteiger partial charge in [-0.1, -0.05) is 30.3 Å². The number of hydrogen-bond acceptors (Lipinski definition) is 4. The van der Waals surface area contributed by atoms with Crippen molar-refractivity contribution in [1.82, 2.24) is 18.7 Å². The quantitative estimate of drug-likeness (QED) is 0.552. The highest BCUT2D eigenvalue weighted by Crippen LogP contribution is 2.12. The number of rotatable bonds is 5. The van der Waals surface area contributed by atoms with E-state index in [1.54, 1.807) is 34.7 Å². The molecule has 3 aromatic heterocycles. The van der Waals surface area contributed by atoms with E-state index < -0.39 is 0 Å².